The number of nitrogens with one attached hydrogen (secondary N) is 1. The van der Waals surface area contributed by atoms with Crippen molar-refractivity contribution in [3.8, 4) is 0 Å². The van der Waals surface area contributed by atoms with Crippen molar-refractivity contribution in [2.45, 2.75) is 59.8 Å². The number of carbonyl (C=O) groups excluding carboxylic acids is 1. The second-order valence-electron chi connectivity index (χ2n) is 7.04. The molecule has 0 heterocycles. The van der Waals surface area contributed by atoms with Gasteiger partial charge in [0.05, 0.1) is 5.41 Å². The number of hydrogen-bond acceptors (Lipinski definition) is 2. The Hall–Kier alpha value is -0.570. The lowest BCUT2D eigenvalue weighted by molar-refractivity contribution is -0.131. The van der Waals surface area contributed by atoms with Crippen LogP contribution in [0.15, 0.2) is 0 Å². The van der Waals surface area contributed by atoms with Gasteiger partial charge in [0, 0.05) is 6.61 Å². The van der Waals surface area contributed by atoms with Crippen LogP contribution in [0.3, 0.4) is 0 Å². The highest BCUT2D eigenvalue weighted by atomic mass is 16.5. The van der Waals surface area contributed by atoms with E-state index in [1.807, 2.05) is 0 Å². The highest BCUT2D eigenvalue weighted by Gasteiger charge is 2.75. The van der Waals surface area contributed by atoms with E-state index >= 15 is 0 Å². The van der Waals surface area contributed by atoms with E-state index in [-0.39, 0.29) is 16.7 Å². The van der Waals surface area contributed by atoms with Gasteiger partial charge in [0.25, 0.3) is 0 Å². The minimum absolute atomic E-state index is 0.112. The molecule has 2 aliphatic carbocycles. The summed E-state index contributed by atoms with van der Waals surface area (Å²) in [6.07, 6.45) is 5.72. The standard InChI is InChI=1S/C16H29NO2/c1-5-6-9-19-11-17-14(18)16-10-12(2)7-8-13(16)15(16,3)4/h12-13H,5-11H2,1-4H3,(H,17,18). The molecular formula is C16H29NO2. The molecule has 110 valence electrons. The second kappa shape index (κ2) is 5.43. The molecular weight excluding hydrogens is 238 g/mol. The van der Waals surface area contributed by atoms with Crippen LogP contribution >= 0.6 is 0 Å². The molecule has 19 heavy (non-hydrogen) atoms. The summed E-state index contributed by atoms with van der Waals surface area (Å²) in [6, 6.07) is 0. The van der Waals surface area contributed by atoms with Gasteiger partial charge >= 0.3 is 0 Å². The summed E-state index contributed by atoms with van der Waals surface area (Å²) in [5.41, 5.74) is 0.0596. The zero-order valence-electron chi connectivity index (χ0n) is 12.9. The molecule has 1 N–H and O–H groups in total. The van der Waals surface area contributed by atoms with Crippen molar-refractivity contribution in [3.63, 3.8) is 0 Å². The molecule has 2 rings (SSSR count). The van der Waals surface area contributed by atoms with Gasteiger partial charge in [-0.3, -0.25) is 4.79 Å². The third kappa shape index (κ3) is 2.42. The van der Waals surface area contributed by atoms with E-state index in [0.29, 0.717) is 18.6 Å². The maximum atomic E-state index is 12.6. The van der Waals surface area contributed by atoms with Gasteiger partial charge in [0.1, 0.15) is 6.73 Å². The summed E-state index contributed by atoms with van der Waals surface area (Å²) in [5.74, 6) is 1.47. The summed E-state index contributed by atoms with van der Waals surface area (Å²) >= 11 is 0. The van der Waals surface area contributed by atoms with Gasteiger partial charge in [0.15, 0.2) is 0 Å². The minimum atomic E-state index is -0.112. The number of amides is 1. The molecule has 0 saturated heterocycles. The fourth-order valence-electron chi connectivity index (χ4n) is 4.22. The van der Waals surface area contributed by atoms with Crippen molar-refractivity contribution in [3.05, 3.63) is 0 Å². The van der Waals surface area contributed by atoms with Crippen molar-refractivity contribution in [1.29, 1.82) is 0 Å². The van der Waals surface area contributed by atoms with Crippen LogP contribution in [0.5, 0.6) is 0 Å². The van der Waals surface area contributed by atoms with Crippen molar-refractivity contribution in [2.75, 3.05) is 13.3 Å². The van der Waals surface area contributed by atoms with E-state index in [0.717, 1.165) is 25.9 Å². The fourth-order valence-corrected chi connectivity index (χ4v) is 4.22. The normalized spacial score (nSPS) is 35.6. The molecule has 3 unspecified atom stereocenters. The van der Waals surface area contributed by atoms with Crippen molar-refractivity contribution in [1.82, 2.24) is 5.32 Å². The largest absolute Gasteiger partial charge is 0.361 e. The molecule has 2 fully saturated rings. The average molecular weight is 267 g/mol. The fraction of sp³-hybridized carbons (Fsp3) is 0.938. The van der Waals surface area contributed by atoms with Gasteiger partial charge in [-0.15, -0.1) is 0 Å². The van der Waals surface area contributed by atoms with Crippen LogP contribution < -0.4 is 5.32 Å². The smallest absolute Gasteiger partial charge is 0.228 e. The Morgan fingerprint density at radius 1 is 1.37 bits per heavy atom. The Balaban J connectivity index is 1.87. The molecule has 0 bridgehead atoms. The number of carbonyl (C=O) groups is 1. The van der Waals surface area contributed by atoms with Crippen molar-refractivity contribution in [2.24, 2.45) is 22.7 Å². The molecule has 0 aromatic rings. The molecule has 0 aromatic carbocycles. The van der Waals surface area contributed by atoms with Crippen LogP contribution in [-0.2, 0) is 9.53 Å². The molecule has 2 saturated carbocycles. The Labute approximate surface area is 117 Å². The summed E-state index contributed by atoms with van der Waals surface area (Å²) in [6.45, 7) is 10.0. The molecule has 2 aliphatic rings. The second-order valence-corrected chi connectivity index (χ2v) is 7.04. The first-order chi connectivity index (χ1) is 8.96. The highest BCUT2D eigenvalue weighted by Crippen LogP contribution is 2.75. The Morgan fingerprint density at radius 3 is 2.79 bits per heavy atom. The maximum absolute atomic E-state index is 12.6. The van der Waals surface area contributed by atoms with Crippen LogP contribution in [0.1, 0.15) is 59.8 Å². The summed E-state index contributed by atoms with van der Waals surface area (Å²) in [7, 11) is 0. The average Bonchev–Trinajstić information content (AvgIpc) is 2.86. The van der Waals surface area contributed by atoms with E-state index in [2.05, 4.69) is 33.0 Å². The molecule has 0 aliphatic heterocycles. The Bertz CT molecular complexity index is 340. The van der Waals surface area contributed by atoms with Gasteiger partial charge in [-0.1, -0.05) is 40.5 Å². The van der Waals surface area contributed by atoms with Gasteiger partial charge in [0.2, 0.25) is 5.91 Å². The zero-order valence-corrected chi connectivity index (χ0v) is 12.9. The molecule has 3 atom stereocenters. The zero-order chi connectivity index (χ0) is 14.1. The lowest BCUT2D eigenvalue weighted by atomic mass is 9.80. The molecule has 0 spiro atoms. The van der Waals surface area contributed by atoms with Crippen LogP contribution in [0.2, 0.25) is 0 Å². The lowest BCUT2D eigenvalue weighted by Crippen LogP contribution is -2.38. The Kier molecular flexibility index (Phi) is 4.24. The van der Waals surface area contributed by atoms with Gasteiger partial charge in [-0.2, -0.15) is 0 Å². The van der Waals surface area contributed by atoms with Crippen molar-refractivity contribution < 1.29 is 9.53 Å². The van der Waals surface area contributed by atoms with Crippen LogP contribution in [0, 0.1) is 22.7 Å². The predicted octanol–water partition coefficient (Wildman–Crippen LogP) is 3.34. The first-order valence-corrected chi connectivity index (χ1v) is 7.83. The molecule has 3 nitrogen and oxygen atoms in total. The number of rotatable bonds is 6. The van der Waals surface area contributed by atoms with Gasteiger partial charge in [-0.05, 0) is 36.5 Å². The quantitative estimate of drug-likeness (QED) is 0.592. The summed E-state index contributed by atoms with van der Waals surface area (Å²) < 4.78 is 5.46. The molecule has 0 radical (unpaired) electrons. The summed E-state index contributed by atoms with van der Waals surface area (Å²) in [4.78, 5) is 12.6. The highest BCUT2D eigenvalue weighted by molar-refractivity contribution is 5.87. The van der Waals surface area contributed by atoms with E-state index in [1.165, 1.54) is 12.8 Å². The van der Waals surface area contributed by atoms with Gasteiger partial charge < -0.3 is 10.1 Å². The van der Waals surface area contributed by atoms with E-state index in [9.17, 15) is 4.79 Å². The third-order valence-electron chi connectivity index (χ3n) is 5.53. The van der Waals surface area contributed by atoms with Crippen LogP contribution in [0.25, 0.3) is 0 Å². The SMILES string of the molecule is CCCCOCNC(=O)C12CC(C)CCC1C2(C)C. The maximum Gasteiger partial charge on any atom is 0.228 e. The van der Waals surface area contributed by atoms with Gasteiger partial charge in [-0.25, -0.2) is 0 Å². The molecule has 1 amide bonds. The lowest BCUT2D eigenvalue weighted by Gasteiger charge is -2.27. The van der Waals surface area contributed by atoms with Crippen LogP contribution in [0.4, 0.5) is 0 Å². The van der Waals surface area contributed by atoms with Crippen LogP contribution in [-0.4, -0.2) is 19.2 Å². The van der Waals surface area contributed by atoms with E-state index < -0.39 is 0 Å². The van der Waals surface area contributed by atoms with E-state index in [4.69, 9.17) is 4.74 Å². The van der Waals surface area contributed by atoms with E-state index in [1.54, 1.807) is 0 Å². The summed E-state index contributed by atoms with van der Waals surface area (Å²) in [5, 5.41) is 3.01. The number of unbranched alkanes of at least 4 members (excludes halogenated alkanes) is 1. The number of fused-ring (bicyclic) bond motifs is 1. The molecule has 0 aromatic heterocycles. The number of ether oxygens (including phenoxy) is 1. The topological polar surface area (TPSA) is 38.3 Å². The third-order valence-corrected chi connectivity index (χ3v) is 5.53. The first kappa shape index (κ1) is 14.8. The molecule has 3 heteroatoms. The first-order valence-electron chi connectivity index (χ1n) is 7.83. The number of hydrogen-bond donors (Lipinski definition) is 1. The predicted molar refractivity (Wildman–Crippen MR) is 76.6 cm³/mol. The van der Waals surface area contributed by atoms with Crippen molar-refractivity contribution >= 4 is 5.91 Å². The minimum Gasteiger partial charge on any atom is -0.361 e. The Morgan fingerprint density at radius 2 is 2.11 bits per heavy atom. The monoisotopic (exact) mass is 267 g/mol.